The van der Waals surface area contributed by atoms with Crippen molar-refractivity contribution in [3.63, 3.8) is 0 Å². The Balaban J connectivity index is 1.37. The summed E-state index contributed by atoms with van der Waals surface area (Å²) in [4.78, 5) is 28.3. The van der Waals surface area contributed by atoms with Gasteiger partial charge in [0.1, 0.15) is 29.8 Å². The summed E-state index contributed by atoms with van der Waals surface area (Å²) in [5.41, 5.74) is 1.51. The number of halogens is 3. The van der Waals surface area contributed by atoms with Crippen LogP contribution in [-0.2, 0) is 4.79 Å². The quantitative estimate of drug-likeness (QED) is 0.604. The van der Waals surface area contributed by atoms with Gasteiger partial charge in [-0.15, -0.1) is 13.2 Å². The summed E-state index contributed by atoms with van der Waals surface area (Å²) < 4.78 is 41.3. The van der Waals surface area contributed by atoms with Gasteiger partial charge in [-0.1, -0.05) is 12.1 Å². The zero-order valence-electron chi connectivity index (χ0n) is 17.2. The van der Waals surface area contributed by atoms with Gasteiger partial charge in [0, 0.05) is 37.8 Å². The number of alkyl halides is 3. The van der Waals surface area contributed by atoms with Crippen LogP contribution in [0.3, 0.4) is 0 Å². The molecule has 10 heteroatoms. The van der Waals surface area contributed by atoms with Gasteiger partial charge in [0.05, 0.1) is 11.4 Å². The smallest absolute Gasteiger partial charge is 0.406 e. The first-order valence-corrected chi connectivity index (χ1v) is 10.4. The number of hydrogen-bond donors (Lipinski definition) is 1. The molecule has 1 atom stereocenters. The maximum atomic E-state index is 12.4. The number of ether oxygens (including phenoxy) is 1. The number of carbonyl (C=O) groups is 1. The molecule has 1 aromatic carbocycles. The maximum absolute atomic E-state index is 12.4. The predicted molar refractivity (Wildman–Crippen MR) is 111 cm³/mol. The van der Waals surface area contributed by atoms with Crippen LogP contribution in [0.1, 0.15) is 24.4 Å². The molecule has 1 aliphatic heterocycles. The van der Waals surface area contributed by atoms with E-state index in [1.54, 1.807) is 6.33 Å². The molecule has 1 saturated carbocycles. The topological polar surface area (TPSA) is 74.3 Å². The molecule has 3 aromatic rings. The van der Waals surface area contributed by atoms with Gasteiger partial charge in [-0.3, -0.25) is 4.90 Å². The fraction of sp³-hybridized carbons (Fsp3) is 0.409. The standard InChI is InChI=1S/C22H22F3N5O2/c23-22(24,25)32-16-3-1-15(2-4-16)18(11-31)29-9-10-30(13-21(12-29)6-7-21)20-17-5-8-26-19(17)27-14-28-20/h1-5,8,11,14,18H,6-7,9-10,12-13H2,(H,26,27,28). The van der Waals surface area contributed by atoms with E-state index in [0.29, 0.717) is 18.7 Å². The van der Waals surface area contributed by atoms with Crippen LogP contribution < -0.4 is 9.64 Å². The molecule has 32 heavy (non-hydrogen) atoms. The minimum atomic E-state index is -4.75. The second-order valence-corrected chi connectivity index (χ2v) is 8.53. The molecule has 1 spiro atoms. The lowest BCUT2D eigenvalue weighted by molar-refractivity contribution is -0.274. The van der Waals surface area contributed by atoms with Gasteiger partial charge in [-0.25, -0.2) is 9.97 Å². The molecule has 1 N–H and O–H groups in total. The van der Waals surface area contributed by atoms with E-state index in [0.717, 1.165) is 49.1 Å². The molecule has 7 nitrogen and oxygen atoms in total. The Morgan fingerprint density at radius 3 is 2.56 bits per heavy atom. The zero-order chi connectivity index (χ0) is 22.3. The Hall–Kier alpha value is -3.14. The molecule has 2 fully saturated rings. The van der Waals surface area contributed by atoms with Gasteiger partial charge in [-0.2, -0.15) is 0 Å². The minimum absolute atomic E-state index is 0.0741. The first kappa shape index (κ1) is 20.7. The first-order valence-electron chi connectivity index (χ1n) is 10.4. The summed E-state index contributed by atoms with van der Waals surface area (Å²) in [6, 6.07) is 6.97. The van der Waals surface area contributed by atoms with Crippen LogP contribution in [0.15, 0.2) is 42.9 Å². The number of rotatable bonds is 5. The van der Waals surface area contributed by atoms with Crippen molar-refractivity contribution in [2.24, 2.45) is 5.41 Å². The lowest BCUT2D eigenvalue weighted by Crippen LogP contribution is -2.35. The van der Waals surface area contributed by atoms with Gasteiger partial charge in [0.15, 0.2) is 0 Å². The average Bonchev–Trinajstić information content (AvgIpc) is 3.39. The average molecular weight is 445 g/mol. The molecular formula is C22H22F3N5O2. The molecule has 0 radical (unpaired) electrons. The molecular weight excluding hydrogens is 423 g/mol. The molecule has 2 aromatic heterocycles. The van der Waals surface area contributed by atoms with Crippen molar-refractivity contribution in [1.82, 2.24) is 19.9 Å². The number of nitrogens with one attached hydrogen (secondary N) is 1. The van der Waals surface area contributed by atoms with E-state index in [1.807, 2.05) is 12.3 Å². The van der Waals surface area contributed by atoms with Gasteiger partial charge in [-0.05, 0) is 36.6 Å². The number of nitrogens with zero attached hydrogens (tertiary/aromatic N) is 4. The Morgan fingerprint density at radius 1 is 1.09 bits per heavy atom. The van der Waals surface area contributed by atoms with Crippen LogP contribution in [0.25, 0.3) is 11.0 Å². The molecule has 2 aliphatic rings. The molecule has 1 unspecified atom stereocenters. The van der Waals surface area contributed by atoms with Crippen molar-refractivity contribution < 1.29 is 22.7 Å². The van der Waals surface area contributed by atoms with Crippen LogP contribution in [0.4, 0.5) is 19.0 Å². The summed E-state index contributed by atoms with van der Waals surface area (Å²) in [5.74, 6) is 0.576. The van der Waals surface area contributed by atoms with Crippen molar-refractivity contribution in [2.75, 3.05) is 31.1 Å². The number of fused-ring (bicyclic) bond motifs is 1. The number of anilines is 1. The summed E-state index contributed by atoms with van der Waals surface area (Å²) >= 11 is 0. The summed E-state index contributed by atoms with van der Waals surface area (Å²) in [5, 5.41) is 0.962. The lowest BCUT2D eigenvalue weighted by atomic mass is 10.0. The van der Waals surface area contributed by atoms with Crippen molar-refractivity contribution >= 4 is 23.1 Å². The highest BCUT2D eigenvalue weighted by Crippen LogP contribution is 2.49. The van der Waals surface area contributed by atoms with Crippen molar-refractivity contribution in [1.29, 1.82) is 0 Å². The first-order chi connectivity index (χ1) is 15.4. The molecule has 5 rings (SSSR count). The number of benzene rings is 1. The predicted octanol–water partition coefficient (Wildman–Crippen LogP) is 3.70. The van der Waals surface area contributed by atoms with Crippen LogP contribution in [-0.4, -0.2) is 58.7 Å². The van der Waals surface area contributed by atoms with Crippen molar-refractivity contribution in [2.45, 2.75) is 25.2 Å². The van der Waals surface area contributed by atoms with Crippen molar-refractivity contribution in [3.8, 4) is 5.75 Å². The highest BCUT2D eigenvalue weighted by molar-refractivity contribution is 5.87. The summed E-state index contributed by atoms with van der Waals surface area (Å²) in [6.45, 7) is 2.89. The van der Waals surface area contributed by atoms with Crippen LogP contribution in [0.2, 0.25) is 0 Å². The van der Waals surface area contributed by atoms with Crippen LogP contribution in [0, 0.1) is 5.41 Å². The van der Waals surface area contributed by atoms with E-state index < -0.39 is 12.4 Å². The Bertz CT molecular complexity index is 1110. The zero-order valence-corrected chi connectivity index (χ0v) is 17.2. The highest BCUT2D eigenvalue weighted by atomic mass is 19.4. The molecule has 0 bridgehead atoms. The van der Waals surface area contributed by atoms with Crippen molar-refractivity contribution in [3.05, 3.63) is 48.4 Å². The second-order valence-electron chi connectivity index (χ2n) is 8.53. The van der Waals surface area contributed by atoms with E-state index in [9.17, 15) is 18.0 Å². The van der Waals surface area contributed by atoms with E-state index in [2.05, 4.69) is 29.5 Å². The number of aromatic amines is 1. The monoisotopic (exact) mass is 445 g/mol. The Kier molecular flexibility index (Phi) is 5.04. The largest absolute Gasteiger partial charge is 0.573 e. The lowest BCUT2D eigenvalue weighted by Gasteiger charge is -2.29. The fourth-order valence-corrected chi connectivity index (χ4v) is 4.56. The maximum Gasteiger partial charge on any atom is 0.573 e. The van der Waals surface area contributed by atoms with Gasteiger partial charge in [0.2, 0.25) is 0 Å². The van der Waals surface area contributed by atoms with Crippen LogP contribution in [0.5, 0.6) is 5.75 Å². The Morgan fingerprint density at radius 2 is 1.88 bits per heavy atom. The number of aldehydes is 1. The molecule has 3 heterocycles. The summed E-state index contributed by atoms with van der Waals surface area (Å²) in [7, 11) is 0. The number of carbonyl (C=O) groups excluding carboxylic acids is 1. The van der Waals surface area contributed by atoms with E-state index >= 15 is 0 Å². The summed E-state index contributed by atoms with van der Waals surface area (Å²) in [6.07, 6.45) is 1.63. The van der Waals surface area contributed by atoms with Gasteiger partial charge >= 0.3 is 6.36 Å². The highest BCUT2D eigenvalue weighted by Gasteiger charge is 2.48. The normalized spacial score (nSPS) is 19.7. The van der Waals surface area contributed by atoms with E-state index in [4.69, 9.17) is 0 Å². The third-order valence-corrected chi connectivity index (χ3v) is 6.29. The SMILES string of the molecule is O=CC(c1ccc(OC(F)(F)F)cc1)N1CCN(c2ncnc3[nH]ccc23)CC2(CC2)C1. The molecule has 0 amide bonds. The second kappa shape index (κ2) is 7.77. The van der Waals surface area contributed by atoms with E-state index in [-0.39, 0.29) is 11.2 Å². The molecule has 1 saturated heterocycles. The fourth-order valence-electron chi connectivity index (χ4n) is 4.56. The number of H-pyrrole nitrogens is 1. The number of hydrogen-bond acceptors (Lipinski definition) is 6. The molecule has 168 valence electrons. The Labute approximate surface area is 182 Å². The van der Waals surface area contributed by atoms with E-state index in [1.165, 1.54) is 24.3 Å². The third-order valence-electron chi connectivity index (χ3n) is 6.29. The third kappa shape index (κ3) is 4.14. The minimum Gasteiger partial charge on any atom is -0.406 e. The van der Waals surface area contributed by atoms with Gasteiger partial charge in [0.25, 0.3) is 0 Å². The van der Waals surface area contributed by atoms with Gasteiger partial charge < -0.3 is 19.4 Å². The molecule has 1 aliphatic carbocycles. The van der Waals surface area contributed by atoms with Crippen LogP contribution >= 0.6 is 0 Å². The number of aromatic nitrogens is 3.